The van der Waals surface area contributed by atoms with Crippen molar-refractivity contribution in [2.24, 2.45) is 5.92 Å². The lowest BCUT2D eigenvalue weighted by molar-refractivity contribution is 0.0738. The van der Waals surface area contributed by atoms with Gasteiger partial charge in [0.25, 0.3) is 0 Å². The van der Waals surface area contributed by atoms with Crippen molar-refractivity contribution in [1.82, 2.24) is 0 Å². The van der Waals surface area contributed by atoms with Crippen molar-refractivity contribution >= 4 is 7.85 Å². The van der Waals surface area contributed by atoms with E-state index in [0.717, 1.165) is 6.42 Å². The zero-order chi connectivity index (χ0) is 9.40. The highest BCUT2D eigenvalue weighted by molar-refractivity contribution is 6.11. The zero-order valence-electron chi connectivity index (χ0n) is 7.99. The van der Waals surface area contributed by atoms with E-state index in [-0.39, 0.29) is 24.9 Å². The molecule has 0 bridgehead atoms. The van der Waals surface area contributed by atoms with Gasteiger partial charge in [0.2, 0.25) is 0 Å². The molecule has 12 heavy (non-hydrogen) atoms. The van der Waals surface area contributed by atoms with E-state index >= 15 is 0 Å². The highest BCUT2D eigenvalue weighted by Crippen LogP contribution is 2.13. The van der Waals surface area contributed by atoms with Crippen molar-refractivity contribution in [2.75, 3.05) is 26.4 Å². The molecule has 3 nitrogen and oxygen atoms in total. The first-order chi connectivity index (χ1) is 5.74. The summed E-state index contributed by atoms with van der Waals surface area (Å²) in [6, 6.07) is 0. The molecule has 0 rings (SSSR count). The molecule has 2 N–H and O–H groups in total. The van der Waals surface area contributed by atoms with Gasteiger partial charge in [0.05, 0.1) is 6.61 Å². The van der Waals surface area contributed by atoms with Crippen molar-refractivity contribution < 1.29 is 14.9 Å². The fourth-order valence-electron chi connectivity index (χ4n) is 1.12. The maximum Gasteiger partial charge on any atom is 0.108 e. The monoisotopic (exact) mass is 174 g/mol. The van der Waals surface area contributed by atoms with Gasteiger partial charge in [-0.1, -0.05) is 0 Å². The molecule has 0 radical (unpaired) electrons. The molecule has 0 aliphatic carbocycles. The van der Waals surface area contributed by atoms with Gasteiger partial charge in [-0.2, -0.15) is 0 Å². The van der Waals surface area contributed by atoms with Gasteiger partial charge in [0, 0.05) is 25.7 Å². The van der Waals surface area contributed by atoms with Crippen LogP contribution < -0.4 is 0 Å². The standard InChI is InChI=1S/C8H19BO3/c1-2-12-6-7(4-10)3-8(9)5-11/h7-8,10-11H,2-6,9H2,1H3/t7-,8+/m0/s1. The number of hydrogen-bond acceptors (Lipinski definition) is 3. The topological polar surface area (TPSA) is 49.7 Å². The lowest BCUT2D eigenvalue weighted by atomic mass is 9.81. The molecule has 0 aromatic carbocycles. The highest BCUT2D eigenvalue weighted by atomic mass is 16.5. The molecule has 0 aromatic rings. The molecule has 72 valence electrons. The van der Waals surface area contributed by atoms with Crippen LogP contribution in [0.15, 0.2) is 0 Å². The molecule has 2 atom stereocenters. The maximum atomic E-state index is 8.94. The summed E-state index contributed by atoms with van der Waals surface area (Å²) in [5.74, 6) is 0.426. The van der Waals surface area contributed by atoms with Crippen molar-refractivity contribution in [3.8, 4) is 0 Å². The minimum atomic E-state index is 0.143. The van der Waals surface area contributed by atoms with Crippen molar-refractivity contribution in [2.45, 2.75) is 19.2 Å². The number of hydrogen-bond donors (Lipinski definition) is 2. The summed E-state index contributed by atoms with van der Waals surface area (Å²) in [5, 5.41) is 17.7. The molecular formula is C8H19BO3. The van der Waals surface area contributed by atoms with E-state index in [2.05, 4.69) is 0 Å². The van der Waals surface area contributed by atoms with Gasteiger partial charge in [-0.05, 0) is 19.2 Å². The minimum Gasteiger partial charge on any atom is -0.397 e. The van der Waals surface area contributed by atoms with E-state index < -0.39 is 0 Å². The quantitative estimate of drug-likeness (QED) is 0.508. The van der Waals surface area contributed by atoms with Gasteiger partial charge < -0.3 is 14.9 Å². The first kappa shape index (κ1) is 11.9. The summed E-state index contributed by atoms with van der Waals surface area (Å²) < 4.78 is 5.19. The first-order valence-corrected chi connectivity index (χ1v) is 4.54. The van der Waals surface area contributed by atoms with Gasteiger partial charge in [-0.3, -0.25) is 0 Å². The van der Waals surface area contributed by atoms with Crippen LogP contribution in [-0.4, -0.2) is 44.5 Å². The fraction of sp³-hybridized carbons (Fsp3) is 1.00. The summed E-state index contributed by atoms with van der Waals surface area (Å²) in [7, 11) is 1.97. The van der Waals surface area contributed by atoms with Crippen LogP contribution in [0.25, 0.3) is 0 Å². The molecule has 0 unspecified atom stereocenters. The molecule has 0 saturated carbocycles. The summed E-state index contributed by atoms with van der Waals surface area (Å²) in [5.41, 5.74) is 0. The van der Waals surface area contributed by atoms with Gasteiger partial charge >= 0.3 is 0 Å². The Bertz CT molecular complexity index is 100. The molecule has 0 spiro atoms. The van der Waals surface area contributed by atoms with Crippen molar-refractivity contribution in [3.63, 3.8) is 0 Å². The van der Waals surface area contributed by atoms with E-state index in [0.29, 0.717) is 13.2 Å². The van der Waals surface area contributed by atoms with Gasteiger partial charge in [0.15, 0.2) is 0 Å². The maximum absolute atomic E-state index is 8.94. The third-order valence-corrected chi connectivity index (χ3v) is 1.86. The largest absolute Gasteiger partial charge is 0.397 e. The molecule has 4 heteroatoms. The predicted octanol–water partition coefficient (Wildman–Crippen LogP) is -0.565. The Morgan fingerprint density at radius 1 is 1.33 bits per heavy atom. The Morgan fingerprint density at radius 2 is 2.00 bits per heavy atom. The second-order valence-corrected chi connectivity index (χ2v) is 3.23. The zero-order valence-corrected chi connectivity index (χ0v) is 7.99. The summed E-state index contributed by atoms with van der Waals surface area (Å²) >= 11 is 0. The van der Waals surface area contributed by atoms with Crippen LogP contribution in [0.2, 0.25) is 5.82 Å². The average molecular weight is 174 g/mol. The fourth-order valence-corrected chi connectivity index (χ4v) is 1.12. The van der Waals surface area contributed by atoms with Crippen LogP contribution in [0, 0.1) is 5.92 Å². The highest BCUT2D eigenvalue weighted by Gasteiger charge is 2.11. The predicted molar refractivity (Wildman–Crippen MR) is 51.1 cm³/mol. The van der Waals surface area contributed by atoms with Gasteiger partial charge in [-0.15, -0.1) is 0 Å². The Labute approximate surface area is 75.1 Å². The lowest BCUT2D eigenvalue weighted by Crippen LogP contribution is -2.17. The third kappa shape index (κ3) is 5.58. The molecule has 0 amide bonds. The second kappa shape index (κ2) is 7.59. The van der Waals surface area contributed by atoms with Crippen LogP contribution in [0.5, 0.6) is 0 Å². The first-order valence-electron chi connectivity index (χ1n) is 4.54. The lowest BCUT2D eigenvalue weighted by Gasteiger charge is -2.16. The Hall–Kier alpha value is -0.0551. The van der Waals surface area contributed by atoms with E-state index in [1.807, 2.05) is 14.8 Å². The minimum absolute atomic E-state index is 0.143. The van der Waals surface area contributed by atoms with E-state index in [1.54, 1.807) is 0 Å². The number of aliphatic hydroxyl groups excluding tert-OH is 2. The smallest absolute Gasteiger partial charge is 0.108 e. The Morgan fingerprint density at radius 3 is 2.42 bits per heavy atom. The Kier molecular flexibility index (Phi) is 7.55. The Balaban J connectivity index is 3.51. The van der Waals surface area contributed by atoms with Crippen LogP contribution in [0.1, 0.15) is 13.3 Å². The van der Waals surface area contributed by atoms with Gasteiger partial charge in [-0.25, -0.2) is 0 Å². The normalized spacial score (nSPS) is 15.9. The number of aliphatic hydroxyl groups is 2. The molecule has 0 aliphatic heterocycles. The van der Waals surface area contributed by atoms with E-state index in [9.17, 15) is 0 Å². The summed E-state index contributed by atoms with van der Waals surface area (Å²) in [4.78, 5) is 0. The van der Waals surface area contributed by atoms with Crippen molar-refractivity contribution in [3.05, 3.63) is 0 Å². The molecule has 0 heterocycles. The van der Waals surface area contributed by atoms with Gasteiger partial charge in [0.1, 0.15) is 7.85 Å². The van der Waals surface area contributed by atoms with Crippen molar-refractivity contribution in [1.29, 1.82) is 0 Å². The number of rotatable bonds is 7. The summed E-state index contributed by atoms with van der Waals surface area (Å²) in [6.45, 7) is 3.54. The second-order valence-electron chi connectivity index (χ2n) is 3.23. The van der Waals surface area contributed by atoms with Crippen LogP contribution >= 0.6 is 0 Å². The molecule has 0 aliphatic rings. The number of ether oxygens (including phenoxy) is 1. The molecule has 0 saturated heterocycles. The SMILES string of the molecule is B[C@@H](CO)C[C@@H](CO)COCC. The van der Waals surface area contributed by atoms with Crippen LogP contribution in [0.4, 0.5) is 0 Å². The third-order valence-electron chi connectivity index (χ3n) is 1.86. The van der Waals surface area contributed by atoms with Crippen LogP contribution in [0.3, 0.4) is 0 Å². The summed E-state index contributed by atoms with van der Waals surface area (Å²) in [6.07, 6.45) is 0.826. The molecule has 0 fully saturated rings. The van der Waals surface area contributed by atoms with Crippen LogP contribution in [-0.2, 0) is 4.74 Å². The molecule has 0 aromatic heterocycles. The average Bonchev–Trinajstić information content (AvgIpc) is 2.11. The molecular weight excluding hydrogens is 155 g/mol. The van der Waals surface area contributed by atoms with E-state index in [1.165, 1.54) is 0 Å². The van der Waals surface area contributed by atoms with E-state index in [4.69, 9.17) is 14.9 Å².